The molecule has 0 aliphatic rings. The van der Waals surface area contributed by atoms with Gasteiger partial charge < -0.3 is 19.9 Å². The van der Waals surface area contributed by atoms with Crippen LogP contribution in [0.4, 0.5) is 4.79 Å². The van der Waals surface area contributed by atoms with E-state index in [1.807, 2.05) is 0 Å². The molecule has 1 aromatic rings. The summed E-state index contributed by atoms with van der Waals surface area (Å²) in [5, 5.41) is 11.3. The van der Waals surface area contributed by atoms with Gasteiger partial charge in [0.05, 0.1) is 6.54 Å². The standard InChI is InChI=1S/C14H15NO6/c1-9(2)13(18)20-8-7-15-14(19)21-11-6-4-3-5-10(11)12(16)17/h3-6H,1,7-8H2,2H3,(H,15,19)(H,16,17). The predicted octanol–water partition coefficient (Wildman–Crippen LogP) is 1.59. The van der Waals surface area contributed by atoms with E-state index in [0.29, 0.717) is 0 Å². The Balaban J connectivity index is 2.43. The van der Waals surface area contributed by atoms with Gasteiger partial charge in [0.25, 0.3) is 0 Å². The lowest BCUT2D eigenvalue weighted by molar-refractivity contribution is -0.138. The van der Waals surface area contributed by atoms with Crippen molar-refractivity contribution in [3.8, 4) is 5.75 Å². The second-order valence-electron chi connectivity index (χ2n) is 4.03. The largest absolute Gasteiger partial charge is 0.478 e. The minimum Gasteiger partial charge on any atom is -0.478 e. The van der Waals surface area contributed by atoms with Gasteiger partial charge in [-0.05, 0) is 19.1 Å². The Bertz CT molecular complexity index is 566. The Morgan fingerprint density at radius 2 is 1.95 bits per heavy atom. The molecule has 0 aliphatic carbocycles. The highest BCUT2D eigenvalue weighted by Crippen LogP contribution is 2.17. The predicted molar refractivity (Wildman–Crippen MR) is 73.2 cm³/mol. The minimum atomic E-state index is -1.20. The van der Waals surface area contributed by atoms with Crippen molar-refractivity contribution in [2.24, 2.45) is 0 Å². The summed E-state index contributed by atoms with van der Waals surface area (Å²) in [7, 11) is 0. The molecule has 0 spiro atoms. The van der Waals surface area contributed by atoms with Crippen LogP contribution in [0, 0.1) is 0 Å². The fourth-order valence-electron chi connectivity index (χ4n) is 1.29. The highest BCUT2D eigenvalue weighted by Gasteiger charge is 2.13. The van der Waals surface area contributed by atoms with Gasteiger partial charge in [0.15, 0.2) is 0 Å². The van der Waals surface area contributed by atoms with E-state index in [0.717, 1.165) is 0 Å². The third-order valence-corrected chi connectivity index (χ3v) is 2.27. The van der Waals surface area contributed by atoms with E-state index >= 15 is 0 Å². The third-order valence-electron chi connectivity index (χ3n) is 2.27. The van der Waals surface area contributed by atoms with E-state index in [-0.39, 0.29) is 30.0 Å². The summed E-state index contributed by atoms with van der Waals surface area (Å²) in [6.07, 6.45) is -0.838. The number of carbonyl (C=O) groups is 3. The maximum atomic E-state index is 11.5. The lowest BCUT2D eigenvalue weighted by Gasteiger charge is -2.09. The zero-order chi connectivity index (χ0) is 15.8. The zero-order valence-electron chi connectivity index (χ0n) is 11.4. The van der Waals surface area contributed by atoms with Gasteiger partial charge in [-0.15, -0.1) is 0 Å². The number of carbonyl (C=O) groups excluding carboxylic acids is 2. The number of hydrogen-bond donors (Lipinski definition) is 2. The minimum absolute atomic E-state index is 0.0348. The van der Waals surface area contributed by atoms with Crippen LogP contribution >= 0.6 is 0 Å². The molecule has 0 heterocycles. The Hall–Kier alpha value is -2.83. The Labute approximate surface area is 121 Å². The Morgan fingerprint density at radius 1 is 1.29 bits per heavy atom. The van der Waals surface area contributed by atoms with E-state index in [1.54, 1.807) is 6.07 Å². The highest BCUT2D eigenvalue weighted by molar-refractivity contribution is 5.91. The number of amides is 1. The molecule has 21 heavy (non-hydrogen) atoms. The quantitative estimate of drug-likeness (QED) is 0.469. The van der Waals surface area contributed by atoms with Gasteiger partial charge in [-0.3, -0.25) is 0 Å². The van der Waals surface area contributed by atoms with Gasteiger partial charge in [-0.25, -0.2) is 14.4 Å². The lowest BCUT2D eigenvalue weighted by atomic mass is 10.2. The molecule has 0 radical (unpaired) electrons. The summed E-state index contributed by atoms with van der Waals surface area (Å²) in [5.74, 6) is -1.82. The number of aromatic carboxylic acids is 1. The van der Waals surface area contributed by atoms with Crippen molar-refractivity contribution in [3.63, 3.8) is 0 Å². The number of esters is 1. The number of carboxylic acid groups (broad SMARTS) is 1. The van der Waals surface area contributed by atoms with Crippen molar-refractivity contribution < 1.29 is 29.0 Å². The van der Waals surface area contributed by atoms with E-state index in [1.165, 1.54) is 25.1 Å². The SMILES string of the molecule is C=C(C)C(=O)OCCNC(=O)Oc1ccccc1C(=O)O. The topological polar surface area (TPSA) is 102 Å². The molecule has 7 heteroatoms. The molecule has 0 unspecified atom stereocenters. The zero-order valence-corrected chi connectivity index (χ0v) is 11.4. The van der Waals surface area contributed by atoms with Gasteiger partial charge >= 0.3 is 18.0 Å². The van der Waals surface area contributed by atoms with Gasteiger partial charge in [0, 0.05) is 5.57 Å². The van der Waals surface area contributed by atoms with E-state index in [4.69, 9.17) is 14.6 Å². The second kappa shape index (κ2) is 7.68. The van der Waals surface area contributed by atoms with Crippen molar-refractivity contribution in [2.45, 2.75) is 6.92 Å². The van der Waals surface area contributed by atoms with Crippen molar-refractivity contribution in [2.75, 3.05) is 13.2 Å². The first-order valence-electron chi connectivity index (χ1n) is 6.02. The molecule has 1 amide bonds. The van der Waals surface area contributed by atoms with Crippen LogP contribution in [0.25, 0.3) is 0 Å². The van der Waals surface area contributed by atoms with Crippen molar-refractivity contribution in [1.82, 2.24) is 5.32 Å². The van der Waals surface area contributed by atoms with Crippen molar-refractivity contribution in [3.05, 3.63) is 42.0 Å². The first-order valence-corrected chi connectivity index (χ1v) is 6.02. The first kappa shape index (κ1) is 16.2. The molecule has 112 valence electrons. The van der Waals surface area contributed by atoms with Crippen LogP contribution in [0.2, 0.25) is 0 Å². The van der Waals surface area contributed by atoms with Crippen LogP contribution < -0.4 is 10.1 Å². The van der Waals surface area contributed by atoms with Crippen molar-refractivity contribution in [1.29, 1.82) is 0 Å². The number of hydrogen-bond acceptors (Lipinski definition) is 5. The van der Waals surface area contributed by atoms with Crippen LogP contribution in [0.1, 0.15) is 17.3 Å². The summed E-state index contributed by atoms with van der Waals surface area (Å²) < 4.78 is 9.64. The Kier molecular flexibility index (Phi) is 5.94. The molecular weight excluding hydrogens is 278 g/mol. The summed E-state index contributed by atoms with van der Waals surface area (Å²) >= 11 is 0. The second-order valence-corrected chi connectivity index (χ2v) is 4.03. The third kappa shape index (κ3) is 5.35. The average molecular weight is 293 g/mol. The number of ether oxygens (including phenoxy) is 2. The molecule has 1 aromatic carbocycles. The number of para-hydroxylation sites is 1. The molecule has 0 fully saturated rings. The monoisotopic (exact) mass is 293 g/mol. The molecule has 0 saturated carbocycles. The molecule has 0 bridgehead atoms. The molecule has 0 atom stereocenters. The van der Waals surface area contributed by atoms with Crippen LogP contribution in [-0.4, -0.2) is 36.3 Å². The molecule has 0 saturated heterocycles. The highest BCUT2D eigenvalue weighted by atomic mass is 16.6. The van der Waals surface area contributed by atoms with Gasteiger partial charge in [0.1, 0.15) is 17.9 Å². The summed E-state index contributed by atoms with van der Waals surface area (Å²) in [4.78, 5) is 33.5. The number of nitrogens with one attached hydrogen (secondary N) is 1. The maximum absolute atomic E-state index is 11.5. The summed E-state index contributed by atoms with van der Waals surface area (Å²) in [6, 6.07) is 5.75. The van der Waals surface area contributed by atoms with Crippen LogP contribution in [-0.2, 0) is 9.53 Å². The smallest absolute Gasteiger partial charge is 0.412 e. The lowest BCUT2D eigenvalue weighted by Crippen LogP contribution is -2.31. The fraction of sp³-hybridized carbons (Fsp3) is 0.214. The van der Waals surface area contributed by atoms with Gasteiger partial charge in [-0.1, -0.05) is 18.7 Å². The normalized spacial score (nSPS) is 9.57. The van der Waals surface area contributed by atoms with E-state index in [2.05, 4.69) is 11.9 Å². The number of rotatable bonds is 6. The maximum Gasteiger partial charge on any atom is 0.412 e. The number of benzene rings is 1. The fourth-order valence-corrected chi connectivity index (χ4v) is 1.29. The molecule has 1 rings (SSSR count). The first-order chi connectivity index (χ1) is 9.91. The molecule has 7 nitrogen and oxygen atoms in total. The molecule has 2 N–H and O–H groups in total. The average Bonchev–Trinajstić information content (AvgIpc) is 2.43. The van der Waals surface area contributed by atoms with Gasteiger partial charge in [-0.2, -0.15) is 0 Å². The van der Waals surface area contributed by atoms with Crippen LogP contribution in [0.5, 0.6) is 5.75 Å². The molecule has 0 aromatic heterocycles. The van der Waals surface area contributed by atoms with Crippen molar-refractivity contribution >= 4 is 18.0 Å². The molecule has 0 aliphatic heterocycles. The Morgan fingerprint density at radius 3 is 2.57 bits per heavy atom. The van der Waals surface area contributed by atoms with E-state index < -0.39 is 18.0 Å². The van der Waals surface area contributed by atoms with Crippen LogP contribution in [0.3, 0.4) is 0 Å². The summed E-state index contributed by atoms with van der Waals surface area (Å²) in [6.45, 7) is 4.91. The molecular formula is C14H15NO6. The summed E-state index contributed by atoms with van der Waals surface area (Å²) in [5.41, 5.74) is 0.134. The van der Waals surface area contributed by atoms with Crippen LogP contribution in [0.15, 0.2) is 36.4 Å². The van der Waals surface area contributed by atoms with Gasteiger partial charge in [0.2, 0.25) is 0 Å². The number of carboxylic acids is 1. The van der Waals surface area contributed by atoms with E-state index in [9.17, 15) is 14.4 Å².